The molecule has 1 saturated heterocycles. The summed E-state index contributed by atoms with van der Waals surface area (Å²) in [6, 6.07) is 6.50. The molecule has 0 unspecified atom stereocenters. The summed E-state index contributed by atoms with van der Waals surface area (Å²) >= 11 is 0. The van der Waals surface area contributed by atoms with Gasteiger partial charge >= 0.3 is 0 Å². The monoisotopic (exact) mass is 342 g/mol. The lowest BCUT2D eigenvalue weighted by Crippen LogP contribution is -2.48. The molecule has 0 spiro atoms. The van der Waals surface area contributed by atoms with Crippen LogP contribution < -0.4 is 4.90 Å². The van der Waals surface area contributed by atoms with Crippen LogP contribution in [0.3, 0.4) is 0 Å². The lowest BCUT2D eigenvalue weighted by Gasteiger charge is -2.27. The molecule has 3 amide bonds. The Balaban J connectivity index is 2.04. The third-order valence-electron chi connectivity index (χ3n) is 5.36. The summed E-state index contributed by atoms with van der Waals surface area (Å²) in [5, 5.41) is 0. The second-order valence-corrected chi connectivity index (χ2v) is 6.93. The second-order valence-electron chi connectivity index (χ2n) is 6.93. The summed E-state index contributed by atoms with van der Waals surface area (Å²) in [6.07, 6.45) is 4.90. The van der Waals surface area contributed by atoms with Crippen molar-refractivity contribution in [3.63, 3.8) is 0 Å². The molecule has 5 nitrogen and oxygen atoms in total. The van der Waals surface area contributed by atoms with Gasteiger partial charge in [0.05, 0.1) is 11.3 Å². The predicted molar refractivity (Wildman–Crippen MR) is 96.3 cm³/mol. The topological polar surface area (TPSA) is 57.7 Å². The van der Waals surface area contributed by atoms with Gasteiger partial charge in [0.1, 0.15) is 6.04 Å². The number of nitrogens with zero attached hydrogens (tertiary/aromatic N) is 2. The van der Waals surface area contributed by atoms with Crippen LogP contribution in [0.25, 0.3) is 0 Å². The molecule has 0 aliphatic carbocycles. The first-order chi connectivity index (χ1) is 12.1. The number of anilines is 1. The Morgan fingerprint density at radius 2 is 2.00 bits per heavy atom. The van der Waals surface area contributed by atoms with Crippen LogP contribution in [0.4, 0.5) is 5.69 Å². The Morgan fingerprint density at radius 3 is 2.72 bits per heavy atom. The molecule has 2 aliphatic heterocycles. The molecule has 1 aromatic carbocycles. The maximum absolute atomic E-state index is 13.2. The molecule has 0 N–H and O–H groups in total. The van der Waals surface area contributed by atoms with E-state index in [4.69, 9.17) is 0 Å². The molecular weight excluding hydrogens is 316 g/mol. The molecule has 2 heterocycles. The zero-order chi connectivity index (χ0) is 18.0. The number of hydrogen-bond acceptors (Lipinski definition) is 3. The molecular formula is C20H26N2O3. The molecule has 134 valence electrons. The van der Waals surface area contributed by atoms with E-state index in [2.05, 4.69) is 6.92 Å². The zero-order valence-electron chi connectivity index (χ0n) is 15.0. The van der Waals surface area contributed by atoms with Gasteiger partial charge in [-0.2, -0.15) is 0 Å². The number of para-hydroxylation sites is 1. The van der Waals surface area contributed by atoms with E-state index in [-0.39, 0.29) is 23.6 Å². The normalized spacial score (nSPS) is 21.0. The second kappa shape index (κ2) is 7.38. The van der Waals surface area contributed by atoms with Crippen LogP contribution in [-0.2, 0) is 9.59 Å². The Labute approximate surface area is 149 Å². The van der Waals surface area contributed by atoms with Crippen LogP contribution in [0.5, 0.6) is 0 Å². The highest BCUT2D eigenvalue weighted by Gasteiger charge is 2.44. The van der Waals surface area contributed by atoms with Crippen LogP contribution in [0.1, 0.15) is 62.7 Å². The highest BCUT2D eigenvalue weighted by atomic mass is 16.2. The first-order valence-electron chi connectivity index (χ1n) is 9.37. The minimum Gasteiger partial charge on any atom is -0.327 e. The van der Waals surface area contributed by atoms with E-state index in [9.17, 15) is 14.4 Å². The lowest BCUT2D eigenvalue weighted by atomic mass is 9.96. The maximum Gasteiger partial charge on any atom is 0.256 e. The molecule has 0 aromatic heterocycles. The van der Waals surface area contributed by atoms with E-state index in [1.54, 1.807) is 29.2 Å². The Hall–Kier alpha value is -2.17. The van der Waals surface area contributed by atoms with Gasteiger partial charge in [-0.25, -0.2) is 4.90 Å². The van der Waals surface area contributed by atoms with Crippen LogP contribution in [0, 0.1) is 5.92 Å². The largest absolute Gasteiger partial charge is 0.327 e. The Morgan fingerprint density at radius 1 is 1.24 bits per heavy atom. The highest BCUT2D eigenvalue weighted by molar-refractivity contribution is 6.22. The minimum atomic E-state index is -0.507. The smallest absolute Gasteiger partial charge is 0.256 e. The van der Waals surface area contributed by atoms with Gasteiger partial charge in [0.15, 0.2) is 0 Å². The van der Waals surface area contributed by atoms with E-state index in [1.165, 1.54) is 4.90 Å². The van der Waals surface area contributed by atoms with Crippen molar-refractivity contribution in [2.45, 2.75) is 58.4 Å². The zero-order valence-corrected chi connectivity index (χ0v) is 15.0. The van der Waals surface area contributed by atoms with Crippen LogP contribution >= 0.6 is 0 Å². The van der Waals surface area contributed by atoms with Gasteiger partial charge in [-0.3, -0.25) is 14.4 Å². The van der Waals surface area contributed by atoms with Crippen molar-refractivity contribution in [3.05, 3.63) is 29.8 Å². The molecule has 25 heavy (non-hydrogen) atoms. The number of carbonyl (C=O) groups is 3. The fourth-order valence-corrected chi connectivity index (χ4v) is 3.90. The van der Waals surface area contributed by atoms with Crippen molar-refractivity contribution in [2.24, 2.45) is 5.92 Å². The summed E-state index contributed by atoms with van der Waals surface area (Å²) in [6.45, 7) is 4.66. The van der Waals surface area contributed by atoms with E-state index >= 15 is 0 Å². The average Bonchev–Trinajstić information content (AvgIpc) is 3.09. The van der Waals surface area contributed by atoms with Crippen LogP contribution in [0.2, 0.25) is 0 Å². The van der Waals surface area contributed by atoms with E-state index in [0.29, 0.717) is 30.6 Å². The van der Waals surface area contributed by atoms with Gasteiger partial charge in [-0.1, -0.05) is 38.8 Å². The molecule has 1 fully saturated rings. The summed E-state index contributed by atoms with van der Waals surface area (Å²) in [5.41, 5.74) is 0.908. The summed E-state index contributed by atoms with van der Waals surface area (Å²) in [4.78, 5) is 42.2. The van der Waals surface area contributed by atoms with Crippen molar-refractivity contribution < 1.29 is 14.4 Å². The van der Waals surface area contributed by atoms with Gasteiger partial charge in [-0.05, 0) is 37.8 Å². The van der Waals surface area contributed by atoms with Gasteiger partial charge in [0, 0.05) is 12.5 Å². The number of hydrogen-bond donors (Lipinski definition) is 0. The predicted octanol–water partition coefficient (Wildman–Crippen LogP) is 3.38. The molecule has 0 saturated carbocycles. The minimum absolute atomic E-state index is 0.136. The third kappa shape index (κ3) is 3.08. The Bertz CT molecular complexity index is 685. The molecule has 1 aromatic rings. The van der Waals surface area contributed by atoms with Crippen LogP contribution in [0.15, 0.2) is 24.3 Å². The van der Waals surface area contributed by atoms with Crippen molar-refractivity contribution in [2.75, 3.05) is 11.4 Å². The number of rotatable bonds is 5. The van der Waals surface area contributed by atoms with E-state index in [1.807, 2.05) is 6.92 Å². The van der Waals surface area contributed by atoms with Crippen molar-refractivity contribution in [3.8, 4) is 0 Å². The van der Waals surface area contributed by atoms with Gasteiger partial charge in [0.25, 0.3) is 11.8 Å². The average molecular weight is 342 g/mol. The molecule has 0 bridgehead atoms. The van der Waals surface area contributed by atoms with Gasteiger partial charge < -0.3 is 4.90 Å². The first kappa shape index (κ1) is 17.6. The number of benzene rings is 1. The summed E-state index contributed by atoms with van der Waals surface area (Å²) < 4.78 is 0. The van der Waals surface area contributed by atoms with Crippen molar-refractivity contribution in [1.29, 1.82) is 0 Å². The number of imide groups is 1. The van der Waals surface area contributed by atoms with Gasteiger partial charge in [-0.15, -0.1) is 0 Å². The molecule has 2 aliphatic rings. The summed E-state index contributed by atoms with van der Waals surface area (Å²) in [5.74, 6) is -0.714. The number of carbonyl (C=O) groups excluding carboxylic acids is 3. The van der Waals surface area contributed by atoms with Crippen molar-refractivity contribution >= 4 is 23.4 Å². The third-order valence-corrected chi connectivity index (χ3v) is 5.36. The maximum atomic E-state index is 13.2. The quantitative estimate of drug-likeness (QED) is 0.824. The fourth-order valence-electron chi connectivity index (χ4n) is 3.90. The van der Waals surface area contributed by atoms with Gasteiger partial charge in [0.2, 0.25) is 5.91 Å². The fraction of sp³-hybridized carbons (Fsp3) is 0.550. The number of fused-ring (bicyclic) bond motifs is 2. The van der Waals surface area contributed by atoms with Crippen LogP contribution in [-0.4, -0.2) is 35.2 Å². The molecule has 2 atom stereocenters. The first-order valence-corrected chi connectivity index (χ1v) is 9.37. The Kier molecular flexibility index (Phi) is 5.21. The molecule has 0 radical (unpaired) electrons. The standard InChI is InChI=1S/C20H26N2O3/c1-3-5-9-14(4-2)18(23)22-16-11-7-6-10-15(16)19(24)21-13-8-12-17(21)20(22)25/h6-7,10-11,14,17H,3-5,8-9,12-13H2,1-2H3/t14-,17-/m0/s1. The molecule has 3 rings (SSSR count). The lowest BCUT2D eigenvalue weighted by molar-refractivity contribution is -0.130. The summed E-state index contributed by atoms with van der Waals surface area (Å²) in [7, 11) is 0. The van der Waals surface area contributed by atoms with Crippen molar-refractivity contribution in [1.82, 2.24) is 4.90 Å². The molecule has 5 heteroatoms. The number of unbranched alkanes of at least 4 members (excludes halogenated alkanes) is 1. The highest BCUT2D eigenvalue weighted by Crippen LogP contribution is 2.34. The number of amides is 3. The SMILES string of the molecule is CCCC[C@H](CC)C(=O)N1C(=O)[C@@H]2CCCN2C(=O)c2ccccc21. The van der Waals surface area contributed by atoms with E-state index < -0.39 is 6.04 Å². The van der Waals surface area contributed by atoms with E-state index in [0.717, 1.165) is 25.7 Å².